The summed E-state index contributed by atoms with van der Waals surface area (Å²) in [6.45, 7) is 0. The first-order valence-electron chi connectivity index (χ1n) is 2.42. The molecule has 0 spiro atoms. The van der Waals surface area contributed by atoms with Gasteiger partial charge < -0.3 is 9.45 Å². The molecule has 0 fully saturated rings. The highest BCUT2D eigenvalue weighted by Crippen LogP contribution is 2.10. The van der Waals surface area contributed by atoms with Crippen LogP contribution in [0.3, 0.4) is 0 Å². The third-order valence-corrected chi connectivity index (χ3v) is 1.52. The van der Waals surface area contributed by atoms with Gasteiger partial charge in [0, 0.05) is 18.5 Å². The largest absolute Gasteiger partial charge is 0.546 e. The summed E-state index contributed by atoms with van der Waals surface area (Å²) in [5, 5.41) is 0. The predicted molar refractivity (Wildman–Crippen MR) is 35.0 cm³/mol. The van der Waals surface area contributed by atoms with E-state index in [1.165, 1.54) is 6.20 Å². The summed E-state index contributed by atoms with van der Waals surface area (Å²) in [6, 6.07) is 0. The Morgan fingerprint density at radius 3 is 2.56 bits per heavy atom. The highest BCUT2D eigenvalue weighted by molar-refractivity contribution is 7.14. The zero-order valence-corrected chi connectivity index (χ0v) is 6.05. The van der Waals surface area contributed by atoms with Gasteiger partial charge in [-0.15, -0.1) is 0 Å². The van der Waals surface area contributed by atoms with Gasteiger partial charge in [0.2, 0.25) is 5.82 Å². The van der Waals surface area contributed by atoms with Crippen LogP contribution in [0.2, 0.25) is 0 Å². The molecule has 1 atom stereocenters. The number of aromatic nitrogens is 2. The summed E-state index contributed by atoms with van der Waals surface area (Å²) in [7, 11) is 3.65. The second-order valence-corrected chi connectivity index (χ2v) is 2.66. The van der Waals surface area contributed by atoms with Gasteiger partial charge in [-0.05, 0) is 4.37 Å². The predicted octanol–water partition coefficient (Wildman–Crippen LogP) is 0.270. The first-order chi connectivity index (χ1) is 4.20. The molecule has 0 aliphatic rings. The van der Waals surface area contributed by atoms with Crippen molar-refractivity contribution >= 4 is 17.0 Å². The van der Waals surface area contributed by atoms with Gasteiger partial charge in [-0.25, -0.2) is 0 Å². The number of rotatable bonds is 1. The summed E-state index contributed by atoms with van der Waals surface area (Å²) in [5.41, 5.74) is 0. The summed E-state index contributed by atoms with van der Waals surface area (Å²) >= 11 is -1.36. The van der Waals surface area contributed by atoms with Gasteiger partial charge >= 0.3 is 0 Å². The molecule has 0 bridgehead atoms. The van der Waals surface area contributed by atoms with E-state index < -0.39 is 11.1 Å². The molecule has 4 nitrogen and oxygen atoms in total. The van der Waals surface area contributed by atoms with Gasteiger partial charge in [-0.3, -0.25) is 0 Å². The molecular formula is C4H7N3OS. The Hall–Kier alpha value is -0.680. The minimum absolute atomic E-state index is 0.660. The van der Waals surface area contributed by atoms with Gasteiger partial charge in [0.05, 0.1) is 0 Å². The maximum absolute atomic E-state index is 10.5. The van der Waals surface area contributed by atoms with E-state index in [0.29, 0.717) is 5.82 Å². The lowest BCUT2D eigenvalue weighted by Gasteiger charge is -2.02. The van der Waals surface area contributed by atoms with Crippen molar-refractivity contribution in [3.8, 4) is 0 Å². The minimum Gasteiger partial charge on any atom is -0.546 e. The Kier molecular flexibility index (Phi) is 1.63. The molecule has 0 saturated heterocycles. The molecule has 1 aromatic heterocycles. The second kappa shape index (κ2) is 2.28. The van der Waals surface area contributed by atoms with Crippen molar-refractivity contribution in [3.63, 3.8) is 0 Å². The number of hydrogen-bond donors (Lipinski definition) is 0. The van der Waals surface area contributed by atoms with Crippen LogP contribution >= 0.6 is 11.1 Å². The molecular weight excluding hydrogens is 138 g/mol. The van der Waals surface area contributed by atoms with Gasteiger partial charge in [0.15, 0.2) is 11.1 Å². The van der Waals surface area contributed by atoms with E-state index in [9.17, 15) is 4.55 Å². The normalized spacial score (nSPS) is 11.7. The van der Waals surface area contributed by atoms with Crippen LogP contribution in [0.4, 0.5) is 5.82 Å². The van der Waals surface area contributed by atoms with Crippen LogP contribution in [0, 0.1) is 0 Å². The van der Waals surface area contributed by atoms with Gasteiger partial charge in [0.1, 0.15) is 6.20 Å². The summed E-state index contributed by atoms with van der Waals surface area (Å²) in [6.07, 6.45) is 1.50. The highest BCUT2D eigenvalue weighted by Gasteiger charge is 2.03. The quantitative estimate of drug-likeness (QED) is 0.532. The van der Waals surface area contributed by atoms with E-state index >= 15 is 0 Å². The molecule has 0 radical (unpaired) electrons. The second-order valence-electron chi connectivity index (χ2n) is 1.81. The molecule has 50 valence electrons. The maximum atomic E-state index is 10.5. The fraction of sp³-hybridized carbons (Fsp3) is 0.500. The van der Waals surface area contributed by atoms with Crippen molar-refractivity contribution < 1.29 is 4.55 Å². The Balaban J connectivity index is 2.85. The fourth-order valence-electron chi connectivity index (χ4n) is 0.416. The first kappa shape index (κ1) is 6.44. The third kappa shape index (κ3) is 1.36. The first-order valence-corrected chi connectivity index (χ1v) is 3.48. The van der Waals surface area contributed by atoms with E-state index in [-0.39, 0.29) is 0 Å². The van der Waals surface area contributed by atoms with Crippen LogP contribution in [-0.2, 0) is 0 Å². The number of anilines is 1. The molecule has 1 aromatic rings. The van der Waals surface area contributed by atoms with E-state index in [4.69, 9.17) is 0 Å². The Labute approximate surface area is 56.3 Å². The van der Waals surface area contributed by atoms with Gasteiger partial charge in [0.25, 0.3) is 0 Å². The van der Waals surface area contributed by atoms with Crippen molar-refractivity contribution in [1.29, 1.82) is 0 Å². The van der Waals surface area contributed by atoms with E-state index in [1.807, 2.05) is 14.1 Å². The molecule has 0 saturated carbocycles. The average Bonchev–Trinajstić information content (AvgIpc) is 2.14. The molecule has 5 heteroatoms. The fourth-order valence-corrected chi connectivity index (χ4v) is 1.02. The summed E-state index contributed by atoms with van der Waals surface area (Å²) < 4.78 is 17.7. The van der Waals surface area contributed by atoms with Crippen LogP contribution in [0.1, 0.15) is 0 Å². The molecule has 1 heterocycles. The van der Waals surface area contributed by atoms with E-state index in [0.717, 1.165) is 0 Å². The molecule has 1 rings (SSSR count). The molecule has 9 heavy (non-hydrogen) atoms. The van der Waals surface area contributed by atoms with E-state index in [2.05, 4.69) is 8.75 Å². The Morgan fingerprint density at radius 1 is 1.67 bits per heavy atom. The molecule has 0 N–H and O–H groups in total. The number of nitrogens with zero attached hydrogens (tertiary/aromatic N) is 3. The Morgan fingerprint density at radius 2 is 2.33 bits per heavy atom. The number of hydrogen-bond acceptors (Lipinski definition) is 4. The maximum Gasteiger partial charge on any atom is 0.210 e. The van der Waals surface area contributed by atoms with Crippen molar-refractivity contribution in [2.24, 2.45) is 0 Å². The monoisotopic (exact) mass is 145 g/mol. The molecule has 0 aliphatic carbocycles. The summed E-state index contributed by atoms with van der Waals surface area (Å²) in [4.78, 5) is 1.76. The van der Waals surface area contributed by atoms with Crippen LogP contribution in [0.5, 0.6) is 0 Å². The lowest BCUT2D eigenvalue weighted by atomic mass is 10.7. The Bertz CT molecular complexity index is 197. The smallest absolute Gasteiger partial charge is 0.210 e. The van der Waals surface area contributed by atoms with Gasteiger partial charge in [-0.1, -0.05) is 0 Å². The third-order valence-electron chi connectivity index (χ3n) is 0.888. The van der Waals surface area contributed by atoms with E-state index in [1.54, 1.807) is 4.90 Å². The molecule has 0 aromatic carbocycles. The molecule has 0 amide bonds. The minimum atomic E-state index is -1.36. The van der Waals surface area contributed by atoms with Crippen molar-refractivity contribution in [2.75, 3.05) is 19.0 Å². The lowest BCUT2D eigenvalue weighted by molar-refractivity contribution is 0.585. The zero-order chi connectivity index (χ0) is 6.85. The lowest BCUT2D eigenvalue weighted by Crippen LogP contribution is -2.08. The van der Waals surface area contributed by atoms with Crippen LogP contribution in [-0.4, -0.2) is 27.4 Å². The van der Waals surface area contributed by atoms with Crippen LogP contribution in [0.15, 0.2) is 6.20 Å². The van der Waals surface area contributed by atoms with Gasteiger partial charge in [-0.2, -0.15) is 0 Å². The topological polar surface area (TPSA) is 52.1 Å². The summed E-state index contributed by atoms with van der Waals surface area (Å²) in [5.74, 6) is 0.660. The van der Waals surface area contributed by atoms with Crippen LogP contribution in [0.25, 0.3) is 0 Å². The zero-order valence-electron chi connectivity index (χ0n) is 5.24. The average molecular weight is 145 g/mol. The van der Waals surface area contributed by atoms with Crippen LogP contribution < -0.4 is 4.90 Å². The highest BCUT2D eigenvalue weighted by atomic mass is 32.2. The van der Waals surface area contributed by atoms with Crippen molar-refractivity contribution in [1.82, 2.24) is 8.75 Å². The van der Waals surface area contributed by atoms with Crippen molar-refractivity contribution in [3.05, 3.63) is 6.20 Å². The molecule has 1 unspecified atom stereocenters. The SMILES string of the molecule is CN(C)c1cn[s+]([O-])n1. The standard InChI is InChI=1S/C4H7N3OS/c1-7(2)4-3-5-9(8)6-4/h3H,1-2H3. The van der Waals surface area contributed by atoms with Crippen molar-refractivity contribution in [2.45, 2.75) is 0 Å². The molecule has 0 aliphatic heterocycles.